The van der Waals surface area contributed by atoms with E-state index >= 15 is 0 Å². The second-order valence-electron chi connectivity index (χ2n) is 6.64. The number of halogens is 1. The molecule has 0 bridgehead atoms. The number of carbonyl (C=O) groups is 2. The molecule has 1 aromatic carbocycles. The predicted octanol–water partition coefficient (Wildman–Crippen LogP) is 3.14. The van der Waals surface area contributed by atoms with E-state index in [4.69, 9.17) is 11.6 Å². The van der Waals surface area contributed by atoms with Crippen LogP contribution in [0.25, 0.3) is 0 Å². The molecule has 1 aliphatic rings. The number of hydrogen-bond acceptors (Lipinski definition) is 2. The molecular formula is C16H21ClN2O2. The number of hydrogen-bond donors (Lipinski definition) is 2. The van der Waals surface area contributed by atoms with Crippen molar-refractivity contribution in [1.29, 1.82) is 0 Å². The number of aryl methyl sites for hydroxylation is 1. The quantitative estimate of drug-likeness (QED) is 0.901. The van der Waals surface area contributed by atoms with E-state index < -0.39 is 0 Å². The Hall–Kier alpha value is -1.55. The second kappa shape index (κ2) is 5.68. The average molecular weight is 309 g/mol. The van der Waals surface area contributed by atoms with E-state index in [1.54, 1.807) is 18.2 Å². The molecule has 21 heavy (non-hydrogen) atoms. The third-order valence-electron chi connectivity index (χ3n) is 3.41. The third-order valence-corrected chi connectivity index (χ3v) is 3.64. The Kier molecular flexibility index (Phi) is 4.28. The Morgan fingerprint density at radius 1 is 1.19 bits per heavy atom. The number of rotatable bonds is 3. The summed E-state index contributed by atoms with van der Waals surface area (Å²) in [6.07, 6.45) is 0.611. The van der Waals surface area contributed by atoms with Gasteiger partial charge in [-0.05, 0) is 57.9 Å². The molecule has 0 heterocycles. The van der Waals surface area contributed by atoms with Crippen LogP contribution in [0.5, 0.6) is 0 Å². The van der Waals surface area contributed by atoms with E-state index in [1.165, 1.54) is 0 Å². The lowest BCUT2D eigenvalue weighted by Gasteiger charge is -2.20. The molecule has 114 valence electrons. The van der Waals surface area contributed by atoms with Gasteiger partial charge in [0.25, 0.3) is 0 Å². The smallest absolute Gasteiger partial charge is 0.228 e. The molecular weight excluding hydrogens is 288 g/mol. The zero-order chi connectivity index (χ0) is 15.8. The van der Waals surface area contributed by atoms with Gasteiger partial charge in [0, 0.05) is 16.2 Å². The normalized spacial score (nSPS) is 20.8. The molecule has 0 saturated heterocycles. The molecule has 1 saturated carbocycles. The Balaban J connectivity index is 1.93. The van der Waals surface area contributed by atoms with Gasteiger partial charge in [-0.25, -0.2) is 0 Å². The summed E-state index contributed by atoms with van der Waals surface area (Å²) < 4.78 is 0. The molecule has 2 amide bonds. The molecule has 5 heteroatoms. The highest BCUT2D eigenvalue weighted by molar-refractivity contribution is 6.30. The van der Waals surface area contributed by atoms with Gasteiger partial charge < -0.3 is 10.6 Å². The SMILES string of the molecule is Cc1cc(Cl)ccc1NC(=O)C1CC1C(=O)NC(C)(C)C. The van der Waals surface area contributed by atoms with Crippen molar-refractivity contribution in [3.63, 3.8) is 0 Å². The lowest BCUT2D eigenvalue weighted by molar-refractivity contribution is -0.126. The molecule has 0 aliphatic heterocycles. The van der Waals surface area contributed by atoms with Crippen LogP contribution in [0.2, 0.25) is 5.02 Å². The first-order valence-corrected chi connectivity index (χ1v) is 7.44. The van der Waals surface area contributed by atoms with Gasteiger partial charge in [0.1, 0.15) is 0 Å². The van der Waals surface area contributed by atoms with Crippen LogP contribution < -0.4 is 10.6 Å². The highest BCUT2D eigenvalue weighted by Crippen LogP contribution is 2.40. The molecule has 1 aliphatic carbocycles. The van der Waals surface area contributed by atoms with Crippen LogP contribution in [0.4, 0.5) is 5.69 Å². The lowest BCUT2D eigenvalue weighted by Crippen LogP contribution is -2.42. The maximum absolute atomic E-state index is 12.2. The minimum absolute atomic E-state index is 0.0459. The fourth-order valence-electron chi connectivity index (χ4n) is 2.23. The van der Waals surface area contributed by atoms with E-state index in [-0.39, 0.29) is 29.2 Å². The van der Waals surface area contributed by atoms with Crippen molar-refractivity contribution in [2.45, 2.75) is 39.7 Å². The van der Waals surface area contributed by atoms with Gasteiger partial charge in [-0.1, -0.05) is 11.6 Å². The predicted molar refractivity (Wildman–Crippen MR) is 84.3 cm³/mol. The van der Waals surface area contributed by atoms with Crippen molar-refractivity contribution >= 4 is 29.1 Å². The van der Waals surface area contributed by atoms with Crippen LogP contribution in [0.3, 0.4) is 0 Å². The standard InChI is InChI=1S/C16H21ClN2O2/c1-9-7-10(17)5-6-13(9)18-14(20)11-8-12(11)15(21)19-16(2,3)4/h5-7,11-12H,8H2,1-4H3,(H,18,20)(H,19,21). The van der Waals surface area contributed by atoms with Crippen LogP contribution in [-0.2, 0) is 9.59 Å². The highest BCUT2D eigenvalue weighted by Gasteiger charge is 2.48. The summed E-state index contributed by atoms with van der Waals surface area (Å²) in [4.78, 5) is 24.2. The van der Waals surface area contributed by atoms with E-state index in [2.05, 4.69) is 10.6 Å². The van der Waals surface area contributed by atoms with Crippen molar-refractivity contribution in [1.82, 2.24) is 5.32 Å². The molecule has 0 radical (unpaired) electrons. The van der Waals surface area contributed by atoms with Crippen molar-refractivity contribution in [3.05, 3.63) is 28.8 Å². The summed E-state index contributed by atoms with van der Waals surface area (Å²) >= 11 is 5.89. The van der Waals surface area contributed by atoms with Gasteiger partial charge in [-0.3, -0.25) is 9.59 Å². The topological polar surface area (TPSA) is 58.2 Å². The Morgan fingerprint density at radius 3 is 2.38 bits per heavy atom. The molecule has 0 spiro atoms. The fourth-order valence-corrected chi connectivity index (χ4v) is 2.46. The number of nitrogens with one attached hydrogen (secondary N) is 2. The van der Waals surface area contributed by atoms with Gasteiger partial charge in [0.2, 0.25) is 11.8 Å². The lowest BCUT2D eigenvalue weighted by atomic mass is 10.1. The molecule has 4 nitrogen and oxygen atoms in total. The van der Waals surface area contributed by atoms with Gasteiger partial charge in [-0.15, -0.1) is 0 Å². The van der Waals surface area contributed by atoms with Gasteiger partial charge in [0.15, 0.2) is 0 Å². The number of amides is 2. The Labute approximate surface area is 130 Å². The summed E-state index contributed by atoms with van der Waals surface area (Å²) in [5.74, 6) is -0.593. The van der Waals surface area contributed by atoms with Gasteiger partial charge in [0.05, 0.1) is 11.8 Å². The third kappa shape index (κ3) is 4.21. The van der Waals surface area contributed by atoms with Gasteiger partial charge >= 0.3 is 0 Å². The fraction of sp³-hybridized carbons (Fsp3) is 0.500. The number of anilines is 1. The maximum Gasteiger partial charge on any atom is 0.228 e. The second-order valence-corrected chi connectivity index (χ2v) is 7.07. The number of carbonyl (C=O) groups excluding carboxylic acids is 2. The maximum atomic E-state index is 12.2. The molecule has 2 N–H and O–H groups in total. The average Bonchev–Trinajstić information content (AvgIpc) is 3.10. The molecule has 2 atom stereocenters. The summed E-state index contributed by atoms with van der Waals surface area (Å²) in [6, 6.07) is 5.32. The van der Waals surface area contributed by atoms with Crippen LogP contribution in [0, 0.1) is 18.8 Å². The largest absolute Gasteiger partial charge is 0.351 e. The first-order valence-electron chi connectivity index (χ1n) is 7.06. The van der Waals surface area contributed by atoms with E-state index in [0.717, 1.165) is 11.3 Å². The van der Waals surface area contributed by atoms with Crippen LogP contribution in [0.1, 0.15) is 32.8 Å². The molecule has 2 unspecified atom stereocenters. The van der Waals surface area contributed by atoms with Crippen LogP contribution >= 0.6 is 11.6 Å². The van der Waals surface area contributed by atoms with E-state index in [0.29, 0.717) is 11.4 Å². The van der Waals surface area contributed by atoms with Gasteiger partial charge in [-0.2, -0.15) is 0 Å². The molecule has 2 rings (SSSR count). The first kappa shape index (κ1) is 15.8. The van der Waals surface area contributed by atoms with E-state index in [9.17, 15) is 9.59 Å². The van der Waals surface area contributed by atoms with Crippen molar-refractivity contribution in [2.75, 3.05) is 5.32 Å². The minimum Gasteiger partial charge on any atom is -0.351 e. The molecule has 1 fully saturated rings. The zero-order valence-corrected chi connectivity index (χ0v) is 13.5. The Morgan fingerprint density at radius 2 is 1.81 bits per heavy atom. The summed E-state index contributed by atoms with van der Waals surface area (Å²) in [5, 5.41) is 6.42. The highest BCUT2D eigenvalue weighted by atomic mass is 35.5. The summed E-state index contributed by atoms with van der Waals surface area (Å²) in [6.45, 7) is 7.68. The molecule has 0 aromatic heterocycles. The van der Waals surface area contributed by atoms with Crippen molar-refractivity contribution < 1.29 is 9.59 Å². The minimum atomic E-state index is -0.270. The monoisotopic (exact) mass is 308 g/mol. The van der Waals surface area contributed by atoms with Crippen molar-refractivity contribution in [3.8, 4) is 0 Å². The van der Waals surface area contributed by atoms with E-state index in [1.807, 2.05) is 27.7 Å². The summed E-state index contributed by atoms with van der Waals surface area (Å²) in [5.41, 5.74) is 1.38. The number of benzene rings is 1. The molecule has 1 aromatic rings. The summed E-state index contributed by atoms with van der Waals surface area (Å²) in [7, 11) is 0. The Bertz CT molecular complexity index is 578. The van der Waals surface area contributed by atoms with Crippen LogP contribution in [0.15, 0.2) is 18.2 Å². The first-order chi connectivity index (χ1) is 9.67. The zero-order valence-electron chi connectivity index (χ0n) is 12.8. The van der Waals surface area contributed by atoms with Crippen molar-refractivity contribution in [2.24, 2.45) is 11.8 Å². The van der Waals surface area contributed by atoms with Crippen LogP contribution in [-0.4, -0.2) is 17.4 Å².